The molecule has 18 heavy (non-hydrogen) atoms. The normalized spacial score (nSPS) is 22.2. The minimum atomic E-state index is -0.186. The monoisotopic (exact) mass is 248 g/mol. The number of carbonyl (C=O) groups excluding carboxylic acids is 2. The Morgan fingerprint density at radius 3 is 2.61 bits per heavy atom. The minimum Gasteiger partial charge on any atom is -0.459 e. The summed E-state index contributed by atoms with van der Waals surface area (Å²) in [5.41, 5.74) is -0.186. The molecule has 0 bridgehead atoms. The number of rotatable bonds is 1. The second-order valence-electron chi connectivity index (χ2n) is 5.21. The van der Waals surface area contributed by atoms with Gasteiger partial charge in [0.2, 0.25) is 5.91 Å². The van der Waals surface area contributed by atoms with Crippen LogP contribution in [0.25, 0.3) is 0 Å². The van der Waals surface area contributed by atoms with Crippen molar-refractivity contribution >= 4 is 11.8 Å². The van der Waals surface area contributed by atoms with Crippen LogP contribution in [0.4, 0.5) is 0 Å². The molecule has 2 aliphatic rings. The van der Waals surface area contributed by atoms with Crippen LogP contribution in [-0.2, 0) is 4.79 Å². The molecule has 0 N–H and O–H groups in total. The molecule has 0 aliphatic carbocycles. The smallest absolute Gasteiger partial charge is 0.289 e. The van der Waals surface area contributed by atoms with Crippen molar-refractivity contribution < 1.29 is 14.0 Å². The molecule has 5 heteroatoms. The average molecular weight is 248 g/mol. The summed E-state index contributed by atoms with van der Waals surface area (Å²) in [5.74, 6) is 0.533. The van der Waals surface area contributed by atoms with Gasteiger partial charge >= 0.3 is 0 Å². The zero-order valence-corrected chi connectivity index (χ0v) is 10.4. The Hall–Kier alpha value is -1.78. The van der Waals surface area contributed by atoms with Crippen molar-refractivity contribution in [3.8, 4) is 0 Å². The molecule has 2 fully saturated rings. The van der Waals surface area contributed by atoms with E-state index in [1.54, 1.807) is 21.9 Å². The molecule has 2 aliphatic heterocycles. The number of nitrogens with zero attached hydrogens (tertiary/aromatic N) is 2. The molecule has 0 aromatic carbocycles. The van der Waals surface area contributed by atoms with Gasteiger partial charge in [-0.25, -0.2) is 0 Å². The molecular weight excluding hydrogens is 232 g/mol. The van der Waals surface area contributed by atoms with Crippen molar-refractivity contribution in [3.05, 3.63) is 24.2 Å². The van der Waals surface area contributed by atoms with Crippen LogP contribution in [0.1, 0.15) is 23.4 Å². The molecule has 0 saturated carbocycles. The van der Waals surface area contributed by atoms with Crippen LogP contribution in [0.2, 0.25) is 0 Å². The summed E-state index contributed by atoms with van der Waals surface area (Å²) in [6, 6.07) is 3.39. The Morgan fingerprint density at radius 2 is 2.11 bits per heavy atom. The highest BCUT2D eigenvalue weighted by Crippen LogP contribution is 2.40. The van der Waals surface area contributed by atoms with E-state index < -0.39 is 0 Å². The van der Waals surface area contributed by atoms with Gasteiger partial charge in [0, 0.05) is 26.7 Å². The first-order valence-electron chi connectivity index (χ1n) is 6.21. The quantitative estimate of drug-likeness (QED) is 0.696. The van der Waals surface area contributed by atoms with Gasteiger partial charge < -0.3 is 14.2 Å². The second-order valence-corrected chi connectivity index (χ2v) is 5.21. The van der Waals surface area contributed by atoms with Crippen molar-refractivity contribution in [3.63, 3.8) is 0 Å². The third-order valence-corrected chi connectivity index (χ3v) is 4.08. The Morgan fingerprint density at radius 1 is 1.39 bits per heavy atom. The first kappa shape index (κ1) is 11.3. The molecule has 0 radical (unpaired) electrons. The molecule has 0 atom stereocenters. The Kier molecular flexibility index (Phi) is 2.43. The van der Waals surface area contributed by atoms with Gasteiger partial charge in [0.05, 0.1) is 11.7 Å². The van der Waals surface area contributed by atoms with Crippen molar-refractivity contribution in [2.45, 2.75) is 12.8 Å². The lowest BCUT2D eigenvalue weighted by Gasteiger charge is -2.51. The van der Waals surface area contributed by atoms with E-state index in [4.69, 9.17) is 4.42 Å². The zero-order chi connectivity index (χ0) is 12.8. The lowest BCUT2D eigenvalue weighted by molar-refractivity contribution is -0.161. The highest BCUT2D eigenvalue weighted by molar-refractivity contribution is 5.92. The van der Waals surface area contributed by atoms with Crippen LogP contribution in [0.5, 0.6) is 0 Å². The van der Waals surface area contributed by atoms with E-state index in [2.05, 4.69) is 0 Å². The summed E-state index contributed by atoms with van der Waals surface area (Å²) in [6.07, 6.45) is 3.04. The summed E-state index contributed by atoms with van der Waals surface area (Å²) in [7, 11) is 1.83. The van der Waals surface area contributed by atoms with Crippen molar-refractivity contribution in [2.75, 3.05) is 26.7 Å². The molecule has 1 spiro atoms. The van der Waals surface area contributed by atoms with Gasteiger partial charge in [-0.3, -0.25) is 9.59 Å². The van der Waals surface area contributed by atoms with Crippen LogP contribution in [0.3, 0.4) is 0 Å². The zero-order valence-electron chi connectivity index (χ0n) is 10.4. The van der Waals surface area contributed by atoms with Gasteiger partial charge in [0.25, 0.3) is 5.91 Å². The van der Waals surface area contributed by atoms with Crippen LogP contribution in [0.15, 0.2) is 22.8 Å². The fourth-order valence-corrected chi connectivity index (χ4v) is 2.97. The van der Waals surface area contributed by atoms with Crippen molar-refractivity contribution in [2.24, 2.45) is 5.41 Å². The number of piperidine rings is 1. The maximum Gasteiger partial charge on any atom is 0.289 e. The van der Waals surface area contributed by atoms with E-state index in [0.717, 1.165) is 19.4 Å². The molecule has 1 aromatic rings. The van der Waals surface area contributed by atoms with E-state index in [-0.39, 0.29) is 17.2 Å². The maximum atomic E-state index is 12.1. The summed E-state index contributed by atoms with van der Waals surface area (Å²) < 4.78 is 5.11. The molecule has 96 valence electrons. The molecule has 1 aromatic heterocycles. The minimum absolute atomic E-state index is 0.0741. The summed E-state index contributed by atoms with van der Waals surface area (Å²) >= 11 is 0. The van der Waals surface area contributed by atoms with E-state index in [9.17, 15) is 9.59 Å². The summed E-state index contributed by atoms with van der Waals surface area (Å²) in [5, 5.41) is 0. The molecule has 3 rings (SSSR count). The standard InChI is InChI=1S/C13H16N2O3/c1-14-9-13(12(14)17)4-6-15(7-5-13)11(16)10-3-2-8-18-10/h2-3,8H,4-7,9H2,1H3. The molecule has 3 heterocycles. The fraction of sp³-hybridized carbons (Fsp3) is 0.538. The van der Waals surface area contributed by atoms with Crippen LogP contribution >= 0.6 is 0 Å². The largest absolute Gasteiger partial charge is 0.459 e. The van der Waals surface area contributed by atoms with Gasteiger partial charge in [0.15, 0.2) is 5.76 Å². The van der Waals surface area contributed by atoms with Crippen LogP contribution < -0.4 is 0 Å². The summed E-state index contributed by atoms with van der Waals surface area (Å²) in [6.45, 7) is 2.10. The van der Waals surface area contributed by atoms with Crippen molar-refractivity contribution in [1.29, 1.82) is 0 Å². The predicted octanol–water partition coefficient (Wildman–Crippen LogP) is 0.974. The Balaban J connectivity index is 1.64. The summed E-state index contributed by atoms with van der Waals surface area (Å²) in [4.78, 5) is 27.4. The Bertz CT molecular complexity index is 472. The molecule has 0 unspecified atom stereocenters. The van der Waals surface area contributed by atoms with Gasteiger partial charge in [-0.05, 0) is 25.0 Å². The third-order valence-electron chi connectivity index (χ3n) is 4.08. The van der Waals surface area contributed by atoms with Gasteiger partial charge in [-0.15, -0.1) is 0 Å². The molecule has 5 nitrogen and oxygen atoms in total. The number of hydrogen-bond acceptors (Lipinski definition) is 3. The van der Waals surface area contributed by atoms with E-state index in [1.807, 2.05) is 7.05 Å². The number of likely N-dealkylation sites (tertiary alicyclic amines) is 2. The maximum absolute atomic E-state index is 12.1. The number of hydrogen-bond donors (Lipinski definition) is 0. The second kappa shape index (κ2) is 3.86. The number of carbonyl (C=O) groups is 2. The SMILES string of the molecule is CN1CC2(CCN(C(=O)c3ccco3)CC2)C1=O. The molecule has 2 amide bonds. The fourth-order valence-electron chi connectivity index (χ4n) is 2.97. The highest BCUT2D eigenvalue weighted by Gasteiger charge is 2.51. The third kappa shape index (κ3) is 1.54. The highest BCUT2D eigenvalue weighted by atomic mass is 16.3. The van der Waals surface area contributed by atoms with E-state index in [0.29, 0.717) is 18.8 Å². The lowest BCUT2D eigenvalue weighted by Crippen LogP contribution is -2.63. The first-order valence-corrected chi connectivity index (χ1v) is 6.21. The number of furan rings is 1. The first-order chi connectivity index (χ1) is 8.62. The predicted molar refractivity (Wildman–Crippen MR) is 63.9 cm³/mol. The van der Waals surface area contributed by atoms with E-state index in [1.165, 1.54) is 6.26 Å². The van der Waals surface area contributed by atoms with Crippen molar-refractivity contribution in [1.82, 2.24) is 9.80 Å². The number of amides is 2. The molecule has 2 saturated heterocycles. The Labute approximate surface area is 105 Å². The molecular formula is C13H16N2O3. The van der Waals surface area contributed by atoms with Crippen LogP contribution in [0, 0.1) is 5.41 Å². The van der Waals surface area contributed by atoms with E-state index >= 15 is 0 Å². The number of β-lactam (4-membered cyclic amide) rings is 1. The van der Waals surface area contributed by atoms with Crippen LogP contribution in [-0.4, -0.2) is 48.3 Å². The van der Waals surface area contributed by atoms with Gasteiger partial charge in [-0.1, -0.05) is 0 Å². The topological polar surface area (TPSA) is 53.8 Å². The van der Waals surface area contributed by atoms with Gasteiger partial charge in [0.1, 0.15) is 0 Å². The lowest BCUT2D eigenvalue weighted by atomic mass is 9.71. The average Bonchev–Trinajstić information content (AvgIpc) is 2.92. The van der Waals surface area contributed by atoms with Gasteiger partial charge in [-0.2, -0.15) is 0 Å².